The number of Topliss-reactive ketones (excluding diaryl/α,β-unsaturated/α-hetero) is 2. The van der Waals surface area contributed by atoms with Gasteiger partial charge in [0, 0.05) is 30.2 Å². The van der Waals surface area contributed by atoms with Crippen LogP contribution in [-0.2, 0) is 30.5 Å². The van der Waals surface area contributed by atoms with Crippen molar-refractivity contribution < 1.29 is 51.6 Å². The van der Waals surface area contributed by atoms with Crippen molar-refractivity contribution in [2.75, 3.05) is 25.3 Å². The molecule has 0 aromatic heterocycles. The Morgan fingerprint density at radius 1 is 1.09 bits per heavy atom. The number of nitrogens with one attached hydrogen (secondary N) is 1. The van der Waals surface area contributed by atoms with E-state index in [4.69, 9.17) is 25.0 Å². The molecule has 3 aliphatic rings. The van der Waals surface area contributed by atoms with E-state index < -0.39 is 53.3 Å². The number of carbonyl (C=O) groups excluding carboxylic acids is 4. The third-order valence-electron chi connectivity index (χ3n) is 7.20. The topological polar surface area (TPSA) is 146 Å². The number of methoxy groups -OCH3 is 1. The van der Waals surface area contributed by atoms with Gasteiger partial charge in [0.1, 0.15) is 11.8 Å². The van der Waals surface area contributed by atoms with Crippen molar-refractivity contribution in [3.05, 3.63) is 82.8 Å². The molecule has 11 nitrogen and oxygen atoms in total. The lowest BCUT2D eigenvalue weighted by atomic mass is 9.70. The maximum absolute atomic E-state index is 13.8. The summed E-state index contributed by atoms with van der Waals surface area (Å²) in [6.45, 7) is -0.00155. The van der Waals surface area contributed by atoms with Gasteiger partial charge in [-0.3, -0.25) is 24.9 Å². The molecule has 2 aromatic rings. The summed E-state index contributed by atoms with van der Waals surface area (Å²) in [4.78, 5) is 61.2. The number of rotatable bonds is 4. The zero-order chi connectivity index (χ0) is 30.9. The number of benzene rings is 2. The van der Waals surface area contributed by atoms with Crippen molar-refractivity contribution in [1.29, 1.82) is 0 Å². The zero-order valence-electron chi connectivity index (χ0n) is 22.7. The van der Waals surface area contributed by atoms with Gasteiger partial charge in [-0.25, -0.2) is 9.59 Å². The quantitative estimate of drug-likeness (QED) is 0.394. The average molecular weight is 602 g/mol. The van der Waals surface area contributed by atoms with Crippen molar-refractivity contribution in [1.82, 2.24) is 5.43 Å². The van der Waals surface area contributed by atoms with Gasteiger partial charge in [0.2, 0.25) is 0 Å². The van der Waals surface area contributed by atoms with E-state index in [0.717, 1.165) is 6.08 Å². The van der Waals surface area contributed by atoms with E-state index in [0.29, 0.717) is 17.0 Å². The van der Waals surface area contributed by atoms with Crippen molar-refractivity contribution in [3.63, 3.8) is 0 Å². The van der Waals surface area contributed by atoms with E-state index in [-0.39, 0.29) is 42.8 Å². The molecule has 0 saturated carbocycles. The second-order valence-corrected chi connectivity index (χ2v) is 9.95. The number of fused-ring (bicyclic) bond motifs is 3. The number of halogens is 3. The summed E-state index contributed by atoms with van der Waals surface area (Å²) in [5, 5.41) is 1.48. The number of ketones is 2. The molecule has 3 N–H and O–H groups in total. The van der Waals surface area contributed by atoms with E-state index in [1.165, 1.54) is 30.3 Å². The number of anilines is 1. The highest BCUT2D eigenvalue weighted by atomic mass is 19.4. The lowest BCUT2D eigenvalue weighted by molar-refractivity contribution is -0.273. The van der Waals surface area contributed by atoms with Crippen molar-refractivity contribution in [2.45, 2.75) is 25.1 Å². The van der Waals surface area contributed by atoms with Crippen LogP contribution in [-0.4, -0.2) is 56.0 Å². The predicted molar refractivity (Wildman–Crippen MR) is 142 cm³/mol. The van der Waals surface area contributed by atoms with Crippen LogP contribution >= 0.6 is 0 Å². The van der Waals surface area contributed by atoms with Crippen LogP contribution in [0, 0.1) is 11.8 Å². The molecule has 0 spiro atoms. The van der Waals surface area contributed by atoms with E-state index >= 15 is 0 Å². The van der Waals surface area contributed by atoms with Crippen LogP contribution in [0.15, 0.2) is 66.1 Å². The molecule has 43 heavy (non-hydrogen) atoms. The summed E-state index contributed by atoms with van der Waals surface area (Å²) in [6.07, 6.45) is -2.85. The van der Waals surface area contributed by atoms with Gasteiger partial charge in [-0.15, -0.1) is 0 Å². The number of hydrogen-bond donors (Lipinski definition) is 2. The standard InChI is InChI=1S/C29H26F3N3O8/c1-40-16-8-7-15-13-20(33)27(38)43-41-12-4-11-35(21(15)14-16)34-24-22(42-28(39)29(30,31)32)10-9-19-23(24)26(37)18-6-3-2-5-17(18)25(19)36/h2-3,5-10,14,19-20,23,34H,4,11-13,33H2,1H3. The molecule has 0 saturated heterocycles. The molecule has 5 rings (SSSR count). The van der Waals surface area contributed by atoms with Crippen LogP contribution < -0.4 is 20.9 Å². The van der Waals surface area contributed by atoms with E-state index in [9.17, 15) is 32.3 Å². The highest BCUT2D eigenvalue weighted by Crippen LogP contribution is 2.40. The number of hydrogen-bond acceptors (Lipinski definition) is 11. The van der Waals surface area contributed by atoms with Gasteiger partial charge >= 0.3 is 18.1 Å². The Hall–Kier alpha value is -4.69. The second kappa shape index (κ2) is 11.9. The second-order valence-electron chi connectivity index (χ2n) is 9.95. The molecule has 2 aromatic carbocycles. The van der Waals surface area contributed by atoms with E-state index in [2.05, 4.69) is 5.43 Å². The maximum atomic E-state index is 13.8. The van der Waals surface area contributed by atoms with Crippen LogP contribution in [0.4, 0.5) is 18.9 Å². The lowest BCUT2D eigenvalue weighted by Gasteiger charge is -2.38. The summed E-state index contributed by atoms with van der Waals surface area (Å²) >= 11 is 0. The van der Waals surface area contributed by atoms with E-state index in [1.54, 1.807) is 30.3 Å². The number of ether oxygens (including phenoxy) is 2. The van der Waals surface area contributed by atoms with Gasteiger partial charge in [-0.05, 0) is 24.1 Å². The largest absolute Gasteiger partial charge is 0.497 e. The van der Waals surface area contributed by atoms with Crippen LogP contribution in [0.5, 0.6) is 5.75 Å². The first-order valence-electron chi connectivity index (χ1n) is 13.2. The first kappa shape index (κ1) is 29.8. The molecule has 0 radical (unpaired) electrons. The third kappa shape index (κ3) is 5.96. The number of allylic oxidation sites excluding steroid dienone is 3. The van der Waals surface area contributed by atoms with Crippen LogP contribution in [0.2, 0.25) is 0 Å². The van der Waals surface area contributed by atoms with Crippen LogP contribution in [0.3, 0.4) is 0 Å². The first-order chi connectivity index (χ1) is 20.5. The molecule has 1 heterocycles. The molecular formula is C29H26F3N3O8. The molecule has 226 valence electrons. The van der Waals surface area contributed by atoms with Gasteiger partial charge in [-0.1, -0.05) is 36.4 Å². The van der Waals surface area contributed by atoms with Crippen molar-refractivity contribution >= 4 is 29.2 Å². The third-order valence-corrected chi connectivity index (χ3v) is 7.20. The minimum atomic E-state index is -5.34. The molecule has 3 unspecified atom stereocenters. The smallest absolute Gasteiger partial charge is 0.491 e. The number of alkyl halides is 3. The van der Waals surface area contributed by atoms with E-state index in [1.807, 2.05) is 0 Å². The van der Waals surface area contributed by atoms with Gasteiger partial charge in [0.05, 0.1) is 36.9 Å². The molecule has 14 heteroatoms. The Morgan fingerprint density at radius 2 is 1.81 bits per heavy atom. The molecule has 0 bridgehead atoms. The van der Waals surface area contributed by atoms with Crippen LogP contribution in [0.25, 0.3) is 0 Å². The van der Waals surface area contributed by atoms with Crippen molar-refractivity contribution in [3.8, 4) is 5.75 Å². The number of nitrogens with zero attached hydrogens (tertiary/aromatic N) is 1. The summed E-state index contributed by atoms with van der Waals surface area (Å²) < 4.78 is 50.0. The van der Waals surface area contributed by atoms with Gasteiger partial charge in [0.25, 0.3) is 0 Å². The summed E-state index contributed by atoms with van der Waals surface area (Å²) in [7, 11) is 1.43. The van der Waals surface area contributed by atoms with Gasteiger partial charge in [0.15, 0.2) is 17.3 Å². The average Bonchev–Trinajstić information content (AvgIpc) is 3.01. The Bertz CT molecular complexity index is 1540. The maximum Gasteiger partial charge on any atom is 0.491 e. The predicted octanol–water partition coefficient (Wildman–Crippen LogP) is 2.95. The molecule has 0 amide bonds. The summed E-state index contributed by atoms with van der Waals surface area (Å²) in [6, 6.07) is 9.84. The fourth-order valence-electron chi connectivity index (χ4n) is 5.13. The summed E-state index contributed by atoms with van der Waals surface area (Å²) in [5.41, 5.74) is 9.93. The normalized spacial score (nSPS) is 22.5. The van der Waals surface area contributed by atoms with Crippen molar-refractivity contribution in [2.24, 2.45) is 17.6 Å². The molecule has 0 fully saturated rings. The number of nitrogens with two attached hydrogens (primary N) is 1. The fourth-order valence-corrected chi connectivity index (χ4v) is 5.13. The van der Waals surface area contributed by atoms with Crippen LogP contribution in [0.1, 0.15) is 32.7 Å². The monoisotopic (exact) mass is 601 g/mol. The lowest BCUT2D eigenvalue weighted by Crippen LogP contribution is -2.48. The minimum absolute atomic E-state index is 0.0363. The van der Waals surface area contributed by atoms with Gasteiger partial charge in [-0.2, -0.15) is 18.1 Å². The highest BCUT2D eigenvalue weighted by Gasteiger charge is 2.47. The number of carbonyl (C=O) groups is 4. The number of esters is 1. The fraction of sp³-hybridized carbons (Fsp3) is 0.310. The number of hydrazine groups is 1. The van der Waals surface area contributed by atoms with Gasteiger partial charge < -0.3 is 15.2 Å². The Kier molecular flexibility index (Phi) is 8.24. The minimum Gasteiger partial charge on any atom is -0.497 e. The zero-order valence-corrected chi connectivity index (χ0v) is 22.7. The molecular weight excluding hydrogens is 575 g/mol. The Balaban J connectivity index is 1.64. The summed E-state index contributed by atoms with van der Waals surface area (Å²) in [5.74, 6) is -6.92. The molecule has 3 atom stereocenters. The highest BCUT2D eigenvalue weighted by molar-refractivity contribution is 6.17. The molecule has 2 aliphatic carbocycles. The Morgan fingerprint density at radius 3 is 2.51 bits per heavy atom. The molecule has 1 aliphatic heterocycles. The Labute approximate surface area is 242 Å². The SMILES string of the molecule is COc1ccc2c(c1)N(NC1=C(OC(=O)C(F)(F)F)C=CC3C(=O)c4ccccc4C(=O)C13)CCCOOC(=O)C(N)C2. The first-order valence-corrected chi connectivity index (χ1v) is 13.2.